The number of ether oxygens (including phenoxy) is 2. The number of nitrogens with one attached hydrogen (secondary N) is 1. The summed E-state index contributed by atoms with van der Waals surface area (Å²) in [7, 11) is 1.31. The van der Waals surface area contributed by atoms with E-state index in [9.17, 15) is 22.8 Å². The number of hydrogen-bond donors (Lipinski definition) is 1. The minimum atomic E-state index is -4.44. The number of benzene rings is 2. The molecule has 9 heteroatoms. The first kappa shape index (κ1) is 23.5. The molecular weight excluding hydrogens is 461 g/mol. The first-order valence-electron chi connectivity index (χ1n) is 11.5. The third-order valence-electron chi connectivity index (χ3n) is 7.12. The van der Waals surface area contributed by atoms with Crippen molar-refractivity contribution in [1.29, 1.82) is 0 Å². The number of carbonyl (C=O) groups is 2. The van der Waals surface area contributed by atoms with Crippen molar-refractivity contribution in [3.05, 3.63) is 65.2 Å². The number of carbonyl (C=O) groups excluding carboxylic acids is 2. The molecule has 2 aromatic rings. The third-order valence-corrected chi connectivity index (χ3v) is 7.12. The first-order chi connectivity index (χ1) is 16.4. The van der Waals surface area contributed by atoms with Gasteiger partial charge in [-0.25, -0.2) is 4.79 Å². The number of amides is 1. The Morgan fingerprint density at radius 1 is 0.971 bits per heavy atom. The predicted molar refractivity (Wildman–Crippen MR) is 121 cm³/mol. The van der Waals surface area contributed by atoms with E-state index in [1.165, 1.54) is 19.2 Å². The molecule has 2 heterocycles. The fourth-order valence-electron chi connectivity index (χ4n) is 5.80. The highest BCUT2D eigenvalue weighted by molar-refractivity contribution is 5.82. The lowest BCUT2D eigenvalue weighted by Gasteiger charge is -2.43. The summed E-state index contributed by atoms with van der Waals surface area (Å²) in [5.41, 5.74) is 0.875. The van der Waals surface area contributed by atoms with Crippen LogP contribution in [-0.4, -0.2) is 35.7 Å². The maximum absolute atomic E-state index is 13.4. The van der Waals surface area contributed by atoms with E-state index in [2.05, 4.69) is 5.32 Å². The van der Waals surface area contributed by atoms with Crippen molar-refractivity contribution in [3.8, 4) is 0 Å². The lowest BCUT2D eigenvalue weighted by atomic mass is 9.77. The second-order valence-corrected chi connectivity index (χ2v) is 10.4. The zero-order chi connectivity index (χ0) is 25.3. The van der Waals surface area contributed by atoms with Gasteiger partial charge in [0.05, 0.1) is 36.7 Å². The van der Waals surface area contributed by atoms with Crippen molar-refractivity contribution in [3.63, 3.8) is 0 Å². The third kappa shape index (κ3) is 3.90. The molecule has 1 unspecified atom stereocenters. The van der Waals surface area contributed by atoms with Gasteiger partial charge in [0.1, 0.15) is 5.60 Å². The van der Waals surface area contributed by atoms with Gasteiger partial charge in [-0.15, -0.1) is 0 Å². The topological polar surface area (TPSA) is 67.9 Å². The average Bonchev–Trinajstić information content (AvgIpc) is 3.40. The Morgan fingerprint density at radius 2 is 1.63 bits per heavy atom. The zero-order valence-electron chi connectivity index (χ0n) is 19.8. The second-order valence-electron chi connectivity index (χ2n) is 10.4. The SMILES string of the molecule is COC(=O)C1[C@H]2[C@@H]3[C@H](c4ccc(C(F)(F)F)cc4)Nc4ccccc4[C@@H]3N(C(=O)OC(C)(C)C)[C@@H]12. The number of rotatable bonds is 2. The number of alkyl halides is 3. The zero-order valence-corrected chi connectivity index (χ0v) is 19.8. The second kappa shape index (κ2) is 7.90. The molecule has 1 amide bonds. The van der Waals surface area contributed by atoms with Crippen LogP contribution in [0.1, 0.15) is 49.5 Å². The smallest absolute Gasteiger partial charge is 0.416 e. The summed E-state index contributed by atoms with van der Waals surface area (Å²) >= 11 is 0. The Balaban J connectivity index is 1.60. The molecule has 2 fully saturated rings. The Labute approximate surface area is 201 Å². The number of likely N-dealkylation sites (tertiary alicyclic amines) is 1. The fourth-order valence-corrected chi connectivity index (χ4v) is 5.80. The van der Waals surface area contributed by atoms with Gasteiger partial charge in [0.15, 0.2) is 0 Å². The molecule has 1 saturated carbocycles. The molecule has 35 heavy (non-hydrogen) atoms. The lowest BCUT2D eigenvalue weighted by Crippen LogP contribution is -2.44. The number of halogens is 3. The summed E-state index contributed by atoms with van der Waals surface area (Å²) in [6.07, 6.45) is -4.96. The summed E-state index contributed by atoms with van der Waals surface area (Å²) in [6, 6.07) is 11.4. The molecule has 0 spiro atoms. The number of anilines is 1. The molecule has 6 atom stereocenters. The summed E-state index contributed by atoms with van der Waals surface area (Å²) in [4.78, 5) is 27.7. The van der Waals surface area contributed by atoms with Crippen molar-refractivity contribution in [1.82, 2.24) is 4.90 Å². The van der Waals surface area contributed by atoms with E-state index in [0.29, 0.717) is 5.56 Å². The van der Waals surface area contributed by atoms with E-state index in [1.807, 2.05) is 24.3 Å². The molecule has 6 nitrogen and oxygen atoms in total. The number of esters is 1. The Hall–Kier alpha value is -3.23. The maximum atomic E-state index is 13.4. The van der Waals surface area contributed by atoms with E-state index in [4.69, 9.17) is 9.47 Å². The van der Waals surface area contributed by atoms with Crippen LogP contribution in [0, 0.1) is 17.8 Å². The average molecular weight is 489 g/mol. The van der Waals surface area contributed by atoms with Crippen molar-refractivity contribution >= 4 is 17.7 Å². The Kier molecular flexibility index (Phi) is 5.30. The van der Waals surface area contributed by atoms with E-state index in [0.717, 1.165) is 23.4 Å². The molecule has 1 saturated heterocycles. The summed E-state index contributed by atoms with van der Waals surface area (Å²) < 4.78 is 50.3. The van der Waals surface area contributed by atoms with Crippen molar-refractivity contribution in [2.24, 2.45) is 17.8 Å². The predicted octanol–water partition coefficient (Wildman–Crippen LogP) is 5.57. The van der Waals surface area contributed by atoms with Gasteiger partial charge in [-0.05, 0) is 50.1 Å². The molecule has 5 rings (SSSR count). The summed E-state index contributed by atoms with van der Waals surface area (Å²) in [5, 5.41) is 3.47. The van der Waals surface area contributed by atoms with Crippen LogP contribution in [0.15, 0.2) is 48.5 Å². The number of piperidine rings is 1. The highest BCUT2D eigenvalue weighted by Gasteiger charge is 2.73. The first-order valence-corrected chi connectivity index (χ1v) is 11.5. The van der Waals surface area contributed by atoms with Crippen molar-refractivity contribution in [2.45, 2.75) is 50.7 Å². The number of nitrogens with zero attached hydrogens (tertiary/aromatic N) is 1. The number of hydrogen-bond acceptors (Lipinski definition) is 5. The lowest BCUT2D eigenvalue weighted by molar-refractivity contribution is -0.143. The minimum absolute atomic E-state index is 0.215. The van der Waals surface area contributed by atoms with Crippen LogP contribution in [0.25, 0.3) is 0 Å². The van der Waals surface area contributed by atoms with Gasteiger partial charge in [0, 0.05) is 17.5 Å². The number of fused-ring (bicyclic) bond motifs is 5. The van der Waals surface area contributed by atoms with Crippen LogP contribution >= 0.6 is 0 Å². The van der Waals surface area contributed by atoms with Crippen LogP contribution in [0.3, 0.4) is 0 Å². The van der Waals surface area contributed by atoms with Crippen LogP contribution in [0.5, 0.6) is 0 Å². The minimum Gasteiger partial charge on any atom is -0.469 e. The molecule has 0 radical (unpaired) electrons. The highest BCUT2D eigenvalue weighted by atomic mass is 19.4. The Bertz CT molecular complexity index is 1160. The Morgan fingerprint density at radius 3 is 2.23 bits per heavy atom. The number of methoxy groups -OCH3 is 1. The standard InChI is InChI=1S/C26H27F3N2O4/c1-25(2,3)35-24(33)31-21-15-7-5-6-8-16(15)30-20(13-9-11-14(12-10-13)26(27,28)29)18(21)17-19(22(17)31)23(32)34-4/h5-12,17-22,30H,1-4H3/t17-,18-,19?,20+,21+,22-/m1/s1. The molecule has 3 aliphatic rings. The molecule has 2 aromatic carbocycles. The van der Waals surface area contributed by atoms with Crippen LogP contribution in [0.4, 0.5) is 23.7 Å². The molecule has 2 aliphatic heterocycles. The van der Waals surface area contributed by atoms with Gasteiger partial charge in [-0.1, -0.05) is 30.3 Å². The van der Waals surface area contributed by atoms with Gasteiger partial charge >= 0.3 is 18.2 Å². The van der Waals surface area contributed by atoms with E-state index in [1.54, 1.807) is 25.7 Å². The van der Waals surface area contributed by atoms with Crippen LogP contribution in [0.2, 0.25) is 0 Å². The molecule has 0 aromatic heterocycles. The van der Waals surface area contributed by atoms with Gasteiger partial charge in [0.2, 0.25) is 0 Å². The van der Waals surface area contributed by atoms with Crippen LogP contribution < -0.4 is 5.32 Å². The summed E-state index contributed by atoms with van der Waals surface area (Å²) in [6.45, 7) is 5.34. The molecule has 0 bridgehead atoms. The quantitative estimate of drug-likeness (QED) is 0.560. The summed E-state index contributed by atoms with van der Waals surface area (Å²) in [5.74, 6) is -1.40. The van der Waals surface area contributed by atoms with Gasteiger partial charge in [-0.2, -0.15) is 13.2 Å². The normalized spacial score (nSPS) is 28.8. The molecular formula is C26H27F3N2O4. The van der Waals surface area contributed by atoms with Gasteiger partial charge < -0.3 is 14.8 Å². The molecule has 1 N–H and O–H groups in total. The van der Waals surface area contributed by atoms with Gasteiger partial charge in [-0.3, -0.25) is 9.69 Å². The highest BCUT2D eigenvalue weighted by Crippen LogP contribution is 2.67. The van der Waals surface area contributed by atoms with E-state index in [-0.39, 0.29) is 11.8 Å². The van der Waals surface area contributed by atoms with Gasteiger partial charge in [0.25, 0.3) is 0 Å². The van der Waals surface area contributed by atoms with E-state index < -0.39 is 53.4 Å². The largest absolute Gasteiger partial charge is 0.469 e. The molecule has 186 valence electrons. The van der Waals surface area contributed by atoms with E-state index >= 15 is 0 Å². The van der Waals surface area contributed by atoms with Crippen molar-refractivity contribution in [2.75, 3.05) is 12.4 Å². The monoisotopic (exact) mass is 488 g/mol. The number of para-hydroxylation sites is 1. The fraction of sp³-hybridized carbons (Fsp3) is 0.462. The van der Waals surface area contributed by atoms with Crippen LogP contribution in [-0.2, 0) is 20.4 Å². The van der Waals surface area contributed by atoms with Crippen molar-refractivity contribution < 1.29 is 32.2 Å². The maximum Gasteiger partial charge on any atom is 0.416 e. The molecule has 1 aliphatic carbocycles.